The van der Waals surface area contributed by atoms with Crippen LogP contribution in [0.15, 0.2) is 4.99 Å². The van der Waals surface area contributed by atoms with Gasteiger partial charge in [0.2, 0.25) is 0 Å². The highest BCUT2D eigenvalue weighted by Crippen LogP contribution is 2.14. The first kappa shape index (κ1) is 17.8. The van der Waals surface area contributed by atoms with Gasteiger partial charge in [-0.05, 0) is 32.1 Å². The first-order valence-electron chi connectivity index (χ1n) is 9.13. The molecule has 0 atom stereocenters. The molecule has 0 aliphatic carbocycles. The van der Waals surface area contributed by atoms with E-state index in [0.717, 1.165) is 63.0 Å². The van der Waals surface area contributed by atoms with Gasteiger partial charge in [-0.15, -0.1) is 10.2 Å². The van der Waals surface area contributed by atoms with Crippen molar-refractivity contribution in [3.05, 3.63) is 11.6 Å². The summed E-state index contributed by atoms with van der Waals surface area (Å²) in [6.07, 6.45) is 6.86. The summed E-state index contributed by atoms with van der Waals surface area (Å²) in [4.78, 5) is 4.63. The number of rotatable bonds is 7. The molecule has 0 bridgehead atoms. The van der Waals surface area contributed by atoms with Crippen LogP contribution in [0.4, 0.5) is 0 Å². The Morgan fingerprint density at radius 1 is 1.22 bits per heavy atom. The van der Waals surface area contributed by atoms with Gasteiger partial charge in [-0.1, -0.05) is 20.3 Å². The third kappa shape index (κ3) is 5.84. The minimum atomic E-state index is 0.688. The van der Waals surface area contributed by atoms with E-state index in [9.17, 15) is 0 Å². The van der Waals surface area contributed by atoms with Gasteiger partial charge in [-0.25, -0.2) is 0 Å². The van der Waals surface area contributed by atoms with Crippen molar-refractivity contribution in [1.82, 2.24) is 25.4 Å². The van der Waals surface area contributed by atoms with E-state index in [1.54, 1.807) is 0 Å². The smallest absolute Gasteiger partial charge is 0.191 e. The number of hydrogen-bond donors (Lipinski definition) is 2. The van der Waals surface area contributed by atoms with E-state index in [-0.39, 0.29) is 0 Å². The number of nitrogens with zero attached hydrogens (tertiary/aromatic N) is 4. The SMILES string of the molecule is CCNC(=NCCC(C)C)NCCc1nnc2n1CCCCC2. The Morgan fingerprint density at radius 3 is 2.87 bits per heavy atom. The fourth-order valence-corrected chi connectivity index (χ4v) is 2.80. The van der Waals surface area contributed by atoms with Crippen LogP contribution in [0.3, 0.4) is 0 Å². The molecule has 0 saturated carbocycles. The van der Waals surface area contributed by atoms with Crippen molar-refractivity contribution in [3.8, 4) is 0 Å². The highest BCUT2D eigenvalue weighted by molar-refractivity contribution is 5.79. The lowest BCUT2D eigenvalue weighted by Gasteiger charge is -2.12. The first-order valence-corrected chi connectivity index (χ1v) is 9.13. The molecule has 1 aromatic rings. The maximum atomic E-state index is 4.63. The number of nitrogens with one attached hydrogen (secondary N) is 2. The van der Waals surface area contributed by atoms with Crippen molar-refractivity contribution in [2.75, 3.05) is 19.6 Å². The van der Waals surface area contributed by atoms with Crippen LogP contribution in [-0.4, -0.2) is 40.4 Å². The molecule has 0 unspecified atom stereocenters. The summed E-state index contributed by atoms with van der Waals surface area (Å²) < 4.78 is 2.32. The number of hydrogen-bond acceptors (Lipinski definition) is 3. The predicted octanol–water partition coefficient (Wildman–Crippen LogP) is 2.15. The number of aryl methyl sites for hydroxylation is 1. The molecule has 2 N–H and O–H groups in total. The molecule has 6 nitrogen and oxygen atoms in total. The van der Waals surface area contributed by atoms with Crippen molar-refractivity contribution in [3.63, 3.8) is 0 Å². The zero-order valence-corrected chi connectivity index (χ0v) is 14.9. The van der Waals surface area contributed by atoms with Crippen molar-refractivity contribution in [1.29, 1.82) is 0 Å². The van der Waals surface area contributed by atoms with E-state index in [1.807, 2.05) is 0 Å². The van der Waals surface area contributed by atoms with Crippen molar-refractivity contribution in [2.24, 2.45) is 10.9 Å². The van der Waals surface area contributed by atoms with Gasteiger partial charge in [0.25, 0.3) is 0 Å². The van der Waals surface area contributed by atoms with E-state index in [0.29, 0.717) is 5.92 Å². The topological polar surface area (TPSA) is 67.1 Å². The van der Waals surface area contributed by atoms with Gasteiger partial charge in [0.05, 0.1) is 0 Å². The Hall–Kier alpha value is -1.59. The normalized spacial score (nSPS) is 15.4. The lowest BCUT2D eigenvalue weighted by atomic mass is 10.1. The molecule has 1 aliphatic heterocycles. The van der Waals surface area contributed by atoms with E-state index < -0.39 is 0 Å². The summed E-state index contributed by atoms with van der Waals surface area (Å²) in [5.74, 6) is 3.86. The second-order valence-electron chi connectivity index (χ2n) is 6.61. The Labute approximate surface area is 140 Å². The van der Waals surface area contributed by atoms with Crippen molar-refractivity contribution >= 4 is 5.96 Å². The molecule has 2 heterocycles. The van der Waals surface area contributed by atoms with E-state index >= 15 is 0 Å². The molecule has 130 valence electrons. The van der Waals surface area contributed by atoms with Crippen LogP contribution in [0.5, 0.6) is 0 Å². The molecular weight excluding hydrogens is 288 g/mol. The largest absolute Gasteiger partial charge is 0.357 e. The van der Waals surface area contributed by atoms with Gasteiger partial charge < -0.3 is 15.2 Å². The second kappa shape index (κ2) is 9.53. The molecule has 0 spiro atoms. The molecule has 0 radical (unpaired) electrons. The van der Waals surface area contributed by atoms with Crippen LogP contribution in [0.25, 0.3) is 0 Å². The summed E-state index contributed by atoms with van der Waals surface area (Å²) >= 11 is 0. The van der Waals surface area contributed by atoms with Crippen LogP contribution in [0.2, 0.25) is 0 Å². The van der Waals surface area contributed by atoms with Crippen LogP contribution >= 0.6 is 0 Å². The molecule has 2 rings (SSSR count). The van der Waals surface area contributed by atoms with Gasteiger partial charge in [0.1, 0.15) is 11.6 Å². The Kier molecular flexibility index (Phi) is 7.36. The average molecular weight is 320 g/mol. The molecule has 0 saturated heterocycles. The summed E-state index contributed by atoms with van der Waals surface area (Å²) in [5.41, 5.74) is 0. The zero-order valence-electron chi connectivity index (χ0n) is 14.9. The van der Waals surface area contributed by atoms with Crippen molar-refractivity contribution in [2.45, 2.75) is 65.8 Å². The second-order valence-corrected chi connectivity index (χ2v) is 6.61. The Morgan fingerprint density at radius 2 is 2.09 bits per heavy atom. The van der Waals surface area contributed by atoms with Crippen LogP contribution < -0.4 is 10.6 Å². The first-order chi connectivity index (χ1) is 11.2. The van der Waals surface area contributed by atoms with Crippen LogP contribution in [-0.2, 0) is 19.4 Å². The van der Waals surface area contributed by atoms with Gasteiger partial charge >= 0.3 is 0 Å². The van der Waals surface area contributed by atoms with Crippen LogP contribution in [0.1, 0.15) is 58.1 Å². The third-order valence-corrected chi connectivity index (χ3v) is 4.15. The summed E-state index contributed by atoms with van der Waals surface area (Å²) in [7, 11) is 0. The fraction of sp³-hybridized carbons (Fsp3) is 0.824. The lowest BCUT2D eigenvalue weighted by molar-refractivity contribution is 0.591. The molecule has 0 amide bonds. The maximum absolute atomic E-state index is 4.63. The molecular formula is C17H32N6. The number of aliphatic imine (C=N–C) groups is 1. The highest BCUT2D eigenvalue weighted by atomic mass is 15.3. The van der Waals surface area contributed by atoms with E-state index in [4.69, 9.17) is 0 Å². The van der Waals surface area contributed by atoms with Gasteiger partial charge in [0.15, 0.2) is 5.96 Å². The third-order valence-electron chi connectivity index (χ3n) is 4.15. The number of fused-ring (bicyclic) bond motifs is 1. The monoisotopic (exact) mass is 320 g/mol. The van der Waals surface area contributed by atoms with E-state index in [2.05, 4.69) is 51.2 Å². The number of guanidine groups is 1. The van der Waals surface area contributed by atoms with Crippen molar-refractivity contribution < 1.29 is 0 Å². The number of aromatic nitrogens is 3. The summed E-state index contributed by atoms with van der Waals surface area (Å²) in [6, 6.07) is 0. The fourth-order valence-electron chi connectivity index (χ4n) is 2.80. The summed E-state index contributed by atoms with van der Waals surface area (Å²) in [5, 5.41) is 15.5. The quantitative estimate of drug-likeness (QED) is 0.597. The van der Waals surface area contributed by atoms with Gasteiger partial charge in [-0.2, -0.15) is 0 Å². The Bertz CT molecular complexity index is 491. The lowest BCUT2D eigenvalue weighted by Crippen LogP contribution is -2.38. The Balaban J connectivity index is 1.83. The zero-order chi connectivity index (χ0) is 16.5. The van der Waals surface area contributed by atoms with Gasteiger partial charge in [0, 0.05) is 39.0 Å². The molecule has 0 fully saturated rings. The molecule has 1 aromatic heterocycles. The summed E-state index contributed by atoms with van der Waals surface area (Å²) in [6.45, 7) is 10.2. The minimum Gasteiger partial charge on any atom is -0.357 e. The minimum absolute atomic E-state index is 0.688. The standard InChI is InChI=1S/C17H32N6/c1-4-18-17(19-11-9-14(2)3)20-12-10-16-22-21-15-8-6-5-7-13-23(15)16/h14H,4-13H2,1-3H3,(H2,18,19,20). The highest BCUT2D eigenvalue weighted by Gasteiger charge is 2.14. The average Bonchev–Trinajstić information content (AvgIpc) is 2.75. The maximum Gasteiger partial charge on any atom is 0.191 e. The van der Waals surface area contributed by atoms with Gasteiger partial charge in [-0.3, -0.25) is 4.99 Å². The molecule has 0 aromatic carbocycles. The molecule has 1 aliphatic rings. The molecule has 23 heavy (non-hydrogen) atoms. The predicted molar refractivity (Wildman–Crippen MR) is 94.7 cm³/mol. The van der Waals surface area contributed by atoms with Crippen LogP contribution in [0, 0.1) is 5.92 Å². The van der Waals surface area contributed by atoms with E-state index in [1.165, 1.54) is 19.3 Å². The molecule has 6 heteroatoms.